The lowest BCUT2D eigenvalue weighted by molar-refractivity contribution is -0.138. The van der Waals surface area contributed by atoms with Crippen LogP contribution in [0.3, 0.4) is 0 Å². The van der Waals surface area contributed by atoms with Gasteiger partial charge in [-0.3, -0.25) is 4.79 Å². The molecular formula is C15H19F3N2O3. The molecule has 0 saturated heterocycles. The second-order valence-electron chi connectivity index (χ2n) is 5.14. The SMILES string of the molecule is CC(c1cccc(C(F)(F)F)c1)N(C)C(=O)NCCCC(=O)O. The highest BCUT2D eigenvalue weighted by atomic mass is 19.4. The van der Waals surface area contributed by atoms with Crippen LogP contribution >= 0.6 is 0 Å². The van der Waals surface area contributed by atoms with Gasteiger partial charge in [-0.1, -0.05) is 12.1 Å². The number of hydrogen-bond donors (Lipinski definition) is 2. The molecule has 1 rings (SSSR count). The van der Waals surface area contributed by atoms with Gasteiger partial charge in [0.15, 0.2) is 0 Å². The first-order chi connectivity index (χ1) is 10.6. The van der Waals surface area contributed by atoms with Gasteiger partial charge in [0.2, 0.25) is 0 Å². The number of carboxylic acids is 1. The third-order valence-electron chi connectivity index (χ3n) is 3.44. The molecule has 0 spiro atoms. The molecule has 0 bridgehead atoms. The van der Waals surface area contributed by atoms with Crippen molar-refractivity contribution in [3.63, 3.8) is 0 Å². The number of nitrogens with one attached hydrogen (secondary N) is 1. The van der Waals surface area contributed by atoms with Crippen LogP contribution in [0.25, 0.3) is 0 Å². The van der Waals surface area contributed by atoms with E-state index in [1.807, 2.05) is 0 Å². The molecule has 1 aromatic rings. The Balaban J connectivity index is 2.67. The first-order valence-corrected chi connectivity index (χ1v) is 7.02. The minimum atomic E-state index is -4.44. The van der Waals surface area contributed by atoms with Crippen LogP contribution in [0.15, 0.2) is 24.3 Å². The maximum Gasteiger partial charge on any atom is 0.416 e. The molecule has 2 amide bonds. The van der Waals surface area contributed by atoms with Crippen LogP contribution in [0, 0.1) is 0 Å². The zero-order valence-electron chi connectivity index (χ0n) is 12.9. The fourth-order valence-corrected chi connectivity index (χ4v) is 1.93. The zero-order chi connectivity index (χ0) is 17.6. The average Bonchev–Trinajstić information content (AvgIpc) is 2.49. The molecule has 128 valence electrons. The molecule has 0 aliphatic carbocycles. The highest BCUT2D eigenvalue weighted by Crippen LogP contribution is 2.31. The van der Waals surface area contributed by atoms with Crippen LogP contribution in [0.1, 0.15) is 36.9 Å². The Morgan fingerprint density at radius 3 is 2.57 bits per heavy atom. The number of carboxylic acid groups (broad SMARTS) is 1. The Labute approximate surface area is 132 Å². The first-order valence-electron chi connectivity index (χ1n) is 7.02. The van der Waals surface area contributed by atoms with E-state index < -0.39 is 29.8 Å². The molecule has 0 fully saturated rings. The number of aliphatic carboxylic acids is 1. The molecule has 2 N–H and O–H groups in total. The molecule has 1 atom stereocenters. The molecule has 0 heterocycles. The van der Waals surface area contributed by atoms with E-state index in [0.717, 1.165) is 12.1 Å². The normalized spacial score (nSPS) is 12.6. The van der Waals surface area contributed by atoms with Gasteiger partial charge in [0.1, 0.15) is 0 Å². The van der Waals surface area contributed by atoms with Gasteiger partial charge in [0.05, 0.1) is 11.6 Å². The quantitative estimate of drug-likeness (QED) is 0.786. The molecule has 8 heteroatoms. The van der Waals surface area contributed by atoms with E-state index >= 15 is 0 Å². The average molecular weight is 332 g/mol. The van der Waals surface area contributed by atoms with Gasteiger partial charge >= 0.3 is 18.2 Å². The molecule has 23 heavy (non-hydrogen) atoms. The highest BCUT2D eigenvalue weighted by molar-refractivity contribution is 5.74. The number of carbonyl (C=O) groups excluding carboxylic acids is 1. The number of benzene rings is 1. The summed E-state index contributed by atoms with van der Waals surface area (Å²) in [6, 6.07) is 3.78. The van der Waals surface area contributed by atoms with Gasteiger partial charge in [0, 0.05) is 20.0 Å². The summed E-state index contributed by atoms with van der Waals surface area (Å²) in [7, 11) is 1.47. The predicted molar refractivity (Wildman–Crippen MR) is 77.9 cm³/mol. The Morgan fingerprint density at radius 1 is 1.35 bits per heavy atom. The number of halogens is 3. The largest absolute Gasteiger partial charge is 0.481 e. The zero-order valence-corrected chi connectivity index (χ0v) is 12.9. The monoisotopic (exact) mass is 332 g/mol. The fraction of sp³-hybridized carbons (Fsp3) is 0.467. The van der Waals surface area contributed by atoms with Crippen molar-refractivity contribution in [3.05, 3.63) is 35.4 Å². The van der Waals surface area contributed by atoms with Crippen LogP contribution in [-0.2, 0) is 11.0 Å². The second-order valence-corrected chi connectivity index (χ2v) is 5.14. The predicted octanol–water partition coefficient (Wildman–Crippen LogP) is 3.27. The minimum Gasteiger partial charge on any atom is -0.481 e. The van der Waals surface area contributed by atoms with Crippen LogP contribution < -0.4 is 5.32 Å². The molecule has 0 saturated carbocycles. The highest BCUT2D eigenvalue weighted by Gasteiger charge is 2.31. The summed E-state index contributed by atoms with van der Waals surface area (Å²) >= 11 is 0. The Hall–Kier alpha value is -2.25. The lowest BCUT2D eigenvalue weighted by atomic mass is 10.0. The van der Waals surface area contributed by atoms with Crippen LogP contribution in [-0.4, -0.2) is 35.6 Å². The van der Waals surface area contributed by atoms with E-state index in [9.17, 15) is 22.8 Å². The minimum absolute atomic E-state index is 0.0623. The van der Waals surface area contributed by atoms with E-state index in [-0.39, 0.29) is 19.4 Å². The lowest BCUT2D eigenvalue weighted by Crippen LogP contribution is -2.39. The Kier molecular flexibility index (Phi) is 6.41. The van der Waals surface area contributed by atoms with Crippen LogP contribution in [0.2, 0.25) is 0 Å². The van der Waals surface area contributed by atoms with Crippen LogP contribution in [0.4, 0.5) is 18.0 Å². The summed E-state index contributed by atoms with van der Waals surface area (Å²) in [4.78, 5) is 23.6. The fourth-order valence-electron chi connectivity index (χ4n) is 1.93. The lowest BCUT2D eigenvalue weighted by Gasteiger charge is -2.26. The first kappa shape index (κ1) is 18.8. The third kappa shape index (κ3) is 5.80. The van der Waals surface area contributed by atoms with Crippen molar-refractivity contribution in [3.8, 4) is 0 Å². The summed E-state index contributed by atoms with van der Waals surface area (Å²) in [5, 5.41) is 11.0. The third-order valence-corrected chi connectivity index (χ3v) is 3.44. The van der Waals surface area contributed by atoms with Gasteiger partial charge in [-0.15, -0.1) is 0 Å². The molecule has 0 aromatic heterocycles. The number of urea groups is 1. The summed E-state index contributed by atoms with van der Waals surface area (Å²) in [6.45, 7) is 1.80. The summed E-state index contributed by atoms with van der Waals surface area (Å²) in [5.74, 6) is -0.954. The van der Waals surface area contributed by atoms with E-state index in [2.05, 4.69) is 5.32 Å². The summed E-state index contributed by atoms with van der Waals surface area (Å²) < 4.78 is 38.2. The summed E-state index contributed by atoms with van der Waals surface area (Å²) in [5.41, 5.74) is -0.403. The molecule has 1 aromatic carbocycles. The molecule has 0 radical (unpaired) electrons. The molecule has 0 aliphatic rings. The van der Waals surface area contributed by atoms with Crippen molar-refractivity contribution in [2.24, 2.45) is 0 Å². The van der Waals surface area contributed by atoms with Gasteiger partial charge in [-0.25, -0.2) is 4.79 Å². The van der Waals surface area contributed by atoms with Gasteiger partial charge in [-0.2, -0.15) is 13.2 Å². The van der Waals surface area contributed by atoms with Gasteiger partial charge in [-0.05, 0) is 31.0 Å². The van der Waals surface area contributed by atoms with E-state index in [1.165, 1.54) is 24.1 Å². The molecule has 1 unspecified atom stereocenters. The second kappa shape index (κ2) is 7.85. The number of amides is 2. The van der Waals surface area contributed by atoms with Crippen molar-refractivity contribution < 1.29 is 27.9 Å². The number of alkyl halides is 3. The van der Waals surface area contributed by atoms with E-state index in [1.54, 1.807) is 6.92 Å². The van der Waals surface area contributed by atoms with Gasteiger partial charge < -0.3 is 15.3 Å². The number of hydrogen-bond acceptors (Lipinski definition) is 2. The van der Waals surface area contributed by atoms with Crippen molar-refractivity contribution in [1.29, 1.82) is 0 Å². The molecular weight excluding hydrogens is 313 g/mol. The Bertz CT molecular complexity index is 561. The summed E-state index contributed by atoms with van der Waals surface area (Å²) in [6.07, 6.45) is -4.21. The van der Waals surface area contributed by atoms with Crippen molar-refractivity contribution >= 4 is 12.0 Å². The number of rotatable bonds is 6. The van der Waals surface area contributed by atoms with Gasteiger partial charge in [0.25, 0.3) is 0 Å². The van der Waals surface area contributed by atoms with E-state index in [0.29, 0.717) is 5.56 Å². The smallest absolute Gasteiger partial charge is 0.416 e. The van der Waals surface area contributed by atoms with Crippen molar-refractivity contribution in [1.82, 2.24) is 10.2 Å². The topological polar surface area (TPSA) is 69.6 Å². The maximum atomic E-state index is 12.7. The number of nitrogens with zero attached hydrogens (tertiary/aromatic N) is 1. The standard InChI is InChI=1S/C15H19F3N2O3/c1-10(11-5-3-6-12(9-11)15(16,17)18)20(2)14(23)19-8-4-7-13(21)22/h3,5-6,9-10H,4,7-8H2,1-2H3,(H,19,23)(H,21,22). The molecule has 5 nitrogen and oxygen atoms in total. The van der Waals surface area contributed by atoms with Crippen LogP contribution in [0.5, 0.6) is 0 Å². The molecule has 0 aliphatic heterocycles. The van der Waals surface area contributed by atoms with E-state index in [4.69, 9.17) is 5.11 Å². The van der Waals surface area contributed by atoms with Crippen molar-refractivity contribution in [2.75, 3.05) is 13.6 Å². The maximum absolute atomic E-state index is 12.7. The Morgan fingerprint density at radius 2 is 2.00 bits per heavy atom. The van der Waals surface area contributed by atoms with Crippen molar-refractivity contribution in [2.45, 2.75) is 32.0 Å². The number of carbonyl (C=O) groups is 2.